The third-order valence-electron chi connectivity index (χ3n) is 4.16. The Morgan fingerprint density at radius 3 is 2.64 bits per heavy atom. The highest BCUT2D eigenvalue weighted by Gasteiger charge is 2.19. The Morgan fingerprint density at radius 1 is 1.18 bits per heavy atom. The number of piperazine rings is 1. The first-order valence-electron chi connectivity index (χ1n) is 7.48. The van der Waals surface area contributed by atoms with Crippen LogP contribution in [-0.4, -0.2) is 41.9 Å². The molecular weight excluding hydrogens is 296 g/mol. The molecule has 2 aromatic carbocycles. The van der Waals surface area contributed by atoms with Gasteiger partial charge in [-0.2, -0.15) is 0 Å². The van der Waals surface area contributed by atoms with Gasteiger partial charge in [-0.25, -0.2) is 0 Å². The number of fused-ring (bicyclic) bond motifs is 1. The normalized spacial score (nSPS) is 16.0. The molecule has 3 nitrogen and oxygen atoms in total. The molecule has 1 aliphatic rings. The van der Waals surface area contributed by atoms with Crippen molar-refractivity contribution in [1.29, 1.82) is 0 Å². The van der Waals surface area contributed by atoms with Crippen molar-refractivity contribution in [1.82, 2.24) is 9.80 Å². The maximum absolute atomic E-state index is 11.6. The Kier molecular flexibility index (Phi) is 4.46. The third kappa shape index (κ3) is 3.16. The molecule has 4 heteroatoms. The van der Waals surface area contributed by atoms with Crippen LogP contribution < -0.4 is 0 Å². The Hall–Kier alpha value is -1.84. The molecule has 0 N–H and O–H groups in total. The predicted molar refractivity (Wildman–Crippen MR) is 91.0 cm³/mol. The van der Waals surface area contributed by atoms with Crippen LogP contribution in [-0.2, 0) is 11.3 Å². The minimum atomic E-state index is 0.0212. The van der Waals surface area contributed by atoms with E-state index in [4.69, 9.17) is 11.6 Å². The highest BCUT2D eigenvalue weighted by atomic mass is 35.5. The average Bonchev–Trinajstić information content (AvgIpc) is 2.54. The van der Waals surface area contributed by atoms with Gasteiger partial charge in [0.1, 0.15) is 0 Å². The zero-order chi connectivity index (χ0) is 15.5. The fourth-order valence-corrected chi connectivity index (χ4v) is 3.23. The fourth-order valence-electron chi connectivity index (χ4n) is 2.98. The lowest BCUT2D eigenvalue weighted by molar-refractivity contribution is -0.127. The minimum absolute atomic E-state index is 0.0212. The van der Waals surface area contributed by atoms with Crippen molar-refractivity contribution in [3.63, 3.8) is 0 Å². The second-order valence-corrected chi connectivity index (χ2v) is 6.03. The first-order chi connectivity index (χ1) is 10.7. The summed E-state index contributed by atoms with van der Waals surface area (Å²) in [6.45, 7) is 7.66. The van der Waals surface area contributed by atoms with E-state index in [0.29, 0.717) is 0 Å². The quantitative estimate of drug-likeness (QED) is 0.811. The third-order valence-corrected chi connectivity index (χ3v) is 4.38. The van der Waals surface area contributed by atoms with E-state index < -0.39 is 0 Å². The summed E-state index contributed by atoms with van der Waals surface area (Å²) >= 11 is 6.24. The monoisotopic (exact) mass is 314 g/mol. The predicted octanol–water partition coefficient (Wildman–Crippen LogP) is 3.32. The molecule has 1 heterocycles. The van der Waals surface area contributed by atoms with Gasteiger partial charge in [-0.3, -0.25) is 9.69 Å². The molecule has 3 rings (SSSR count). The van der Waals surface area contributed by atoms with Gasteiger partial charge >= 0.3 is 0 Å². The number of nitrogens with zero attached hydrogens (tertiary/aromatic N) is 2. The lowest BCUT2D eigenvalue weighted by Gasteiger charge is -2.34. The molecule has 2 aromatic rings. The van der Waals surface area contributed by atoms with Gasteiger partial charge < -0.3 is 4.90 Å². The smallest absolute Gasteiger partial charge is 0.246 e. The summed E-state index contributed by atoms with van der Waals surface area (Å²) < 4.78 is 0. The summed E-state index contributed by atoms with van der Waals surface area (Å²) in [5.41, 5.74) is 1.24. The molecule has 0 radical (unpaired) electrons. The van der Waals surface area contributed by atoms with Crippen LogP contribution in [0.5, 0.6) is 0 Å². The molecule has 1 aliphatic heterocycles. The molecule has 1 fully saturated rings. The van der Waals surface area contributed by atoms with Crippen LogP contribution in [0.25, 0.3) is 10.8 Å². The summed E-state index contributed by atoms with van der Waals surface area (Å²) in [5.74, 6) is 0.0212. The molecule has 0 bridgehead atoms. The van der Waals surface area contributed by atoms with Gasteiger partial charge in [-0.05, 0) is 34.5 Å². The molecule has 1 saturated heterocycles. The zero-order valence-electron chi connectivity index (χ0n) is 12.5. The van der Waals surface area contributed by atoms with E-state index in [2.05, 4.69) is 29.7 Å². The van der Waals surface area contributed by atoms with Crippen LogP contribution in [0.4, 0.5) is 0 Å². The van der Waals surface area contributed by atoms with E-state index in [1.54, 1.807) is 0 Å². The first kappa shape index (κ1) is 15.1. The van der Waals surface area contributed by atoms with Crippen molar-refractivity contribution in [3.05, 3.63) is 59.6 Å². The molecule has 0 atom stereocenters. The second kappa shape index (κ2) is 6.51. The highest BCUT2D eigenvalue weighted by Crippen LogP contribution is 2.25. The topological polar surface area (TPSA) is 23.6 Å². The molecule has 0 unspecified atom stereocenters. The van der Waals surface area contributed by atoms with Crippen molar-refractivity contribution >= 4 is 28.3 Å². The molecule has 1 amide bonds. The number of carbonyl (C=O) groups excluding carboxylic acids is 1. The van der Waals surface area contributed by atoms with Crippen molar-refractivity contribution in [2.75, 3.05) is 26.2 Å². The Bertz CT molecular complexity index is 705. The van der Waals surface area contributed by atoms with Crippen LogP contribution >= 0.6 is 11.6 Å². The summed E-state index contributed by atoms with van der Waals surface area (Å²) in [5, 5.41) is 3.19. The number of halogens is 1. The van der Waals surface area contributed by atoms with Gasteiger partial charge in [-0.15, -0.1) is 0 Å². The Balaban J connectivity index is 1.75. The first-order valence-corrected chi connectivity index (χ1v) is 7.86. The van der Waals surface area contributed by atoms with Crippen LogP contribution in [0.1, 0.15) is 5.56 Å². The molecule has 22 heavy (non-hydrogen) atoms. The summed E-state index contributed by atoms with van der Waals surface area (Å²) in [6.07, 6.45) is 1.39. The van der Waals surface area contributed by atoms with Crippen LogP contribution in [0, 0.1) is 0 Å². The average molecular weight is 315 g/mol. The van der Waals surface area contributed by atoms with Gasteiger partial charge in [0.25, 0.3) is 0 Å². The molecule has 0 aromatic heterocycles. The van der Waals surface area contributed by atoms with Crippen LogP contribution in [0.2, 0.25) is 5.02 Å². The summed E-state index contributed by atoms with van der Waals surface area (Å²) in [4.78, 5) is 15.8. The lowest BCUT2D eigenvalue weighted by atomic mass is 10.0. The van der Waals surface area contributed by atoms with Gasteiger partial charge in [0.2, 0.25) is 5.91 Å². The SMILES string of the molecule is C=CC(=O)N1CCN(Cc2cc(Cl)cc3ccccc23)CC1. The Morgan fingerprint density at radius 2 is 1.91 bits per heavy atom. The van der Waals surface area contributed by atoms with Crippen molar-refractivity contribution in [3.8, 4) is 0 Å². The van der Waals surface area contributed by atoms with Crippen LogP contribution in [0.3, 0.4) is 0 Å². The number of amides is 1. The van der Waals surface area contributed by atoms with Gasteiger partial charge in [0.15, 0.2) is 0 Å². The second-order valence-electron chi connectivity index (χ2n) is 5.59. The van der Waals surface area contributed by atoms with Crippen molar-refractivity contribution in [2.45, 2.75) is 6.54 Å². The fraction of sp³-hybridized carbons (Fsp3) is 0.278. The molecular formula is C18H19ClN2O. The minimum Gasteiger partial charge on any atom is -0.337 e. The van der Waals surface area contributed by atoms with Gasteiger partial charge in [0.05, 0.1) is 0 Å². The van der Waals surface area contributed by atoms with E-state index >= 15 is 0 Å². The zero-order valence-corrected chi connectivity index (χ0v) is 13.2. The van der Waals surface area contributed by atoms with Crippen LogP contribution in [0.15, 0.2) is 49.1 Å². The number of benzene rings is 2. The highest BCUT2D eigenvalue weighted by molar-refractivity contribution is 6.31. The Labute approximate surface area is 135 Å². The summed E-state index contributed by atoms with van der Waals surface area (Å²) in [7, 11) is 0. The number of rotatable bonds is 3. The van der Waals surface area contributed by atoms with E-state index in [-0.39, 0.29) is 5.91 Å². The van der Waals surface area contributed by atoms with Crippen molar-refractivity contribution < 1.29 is 4.79 Å². The number of hydrogen-bond donors (Lipinski definition) is 0. The number of hydrogen-bond acceptors (Lipinski definition) is 2. The molecule has 0 saturated carbocycles. The largest absolute Gasteiger partial charge is 0.337 e. The summed E-state index contributed by atoms with van der Waals surface area (Å²) in [6, 6.07) is 12.4. The van der Waals surface area contributed by atoms with Crippen molar-refractivity contribution in [2.24, 2.45) is 0 Å². The van der Waals surface area contributed by atoms with E-state index in [9.17, 15) is 4.79 Å². The number of carbonyl (C=O) groups is 1. The van der Waals surface area contributed by atoms with E-state index in [1.807, 2.05) is 23.1 Å². The standard InChI is InChI=1S/C18H19ClN2O/c1-2-18(22)21-9-7-20(8-10-21)13-15-12-16(19)11-14-5-3-4-6-17(14)15/h2-6,11-12H,1,7-10,13H2. The van der Waals surface area contributed by atoms with E-state index in [1.165, 1.54) is 22.4 Å². The molecule has 0 aliphatic carbocycles. The lowest BCUT2D eigenvalue weighted by Crippen LogP contribution is -2.47. The maximum atomic E-state index is 11.6. The van der Waals surface area contributed by atoms with Gasteiger partial charge in [0, 0.05) is 37.7 Å². The molecule has 114 valence electrons. The maximum Gasteiger partial charge on any atom is 0.246 e. The van der Waals surface area contributed by atoms with Gasteiger partial charge in [-0.1, -0.05) is 42.4 Å². The molecule has 0 spiro atoms. The van der Waals surface area contributed by atoms with E-state index in [0.717, 1.165) is 37.7 Å².